The largest absolute Gasteiger partial charge is 0.468 e. The summed E-state index contributed by atoms with van der Waals surface area (Å²) in [6, 6.07) is 5.12. The third kappa shape index (κ3) is 4.27. The first kappa shape index (κ1) is 15.5. The molecule has 0 aliphatic heterocycles. The van der Waals surface area contributed by atoms with Crippen molar-refractivity contribution < 1.29 is 18.4 Å². The molecule has 0 saturated heterocycles. The number of aromatic nitrogens is 2. The van der Waals surface area contributed by atoms with Crippen LogP contribution in [0.5, 0.6) is 0 Å². The van der Waals surface area contributed by atoms with Crippen LogP contribution < -0.4 is 5.73 Å². The van der Waals surface area contributed by atoms with Gasteiger partial charge in [-0.2, -0.15) is 4.98 Å². The quantitative estimate of drug-likeness (QED) is 0.810. The van der Waals surface area contributed by atoms with Crippen LogP contribution in [-0.4, -0.2) is 35.0 Å². The van der Waals surface area contributed by atoms with Crippen LogP contribution in [0.15, 0.2) is 28.8 Å². The molecule has 2 aromatic rings. The van der Waals surface area contributed by atoms with E-state index in [0.29, 0.717) is 28.8 Å². The van der Waals surface area contributed by atoms with Crippen LogP contribution in [-0.2, 0) is 15.3 Å². The smallest absolute Gasteiger partial charge is 0.323 e. The molecule has 0 aliphatic carbocycles. The number of ether oxygens (including phenoxy) is 1. The molecule has 2 rings (SSSR count). The lowest BCUT2D eigenvalue weighted by atomic mass is 10.2. The number of hydrogen-bond acceptors (Lipinski definition) is 7. The predicted octanol–water partition coefficient (Wildman–Crippen LogP) is 1.61. The molecule has 1 heterocycles. The summed E-state index contributed by atoms with van der Waals surface area (Å²) in [6.07, 6.45) is 0. The van der Waals surface area contributed by atoms with Gasteiger partial charge in [0.05, 0.1) is 12.9 Å². The summed E-state index contributed by atoms with van der Waals surface area (Å²) < 4.78 is 22.4. The fourth-order valence-corrected chi connectivity index (χ4v) is 2.32. The predicted molar refractivity (Wildman–Crippen MR) is 75.8 cm³/mol. The molecule has 1 aromatic carbocycles. The highest BCUT2D eigenvalue weighted by atomic mass is 32.2. The van der Waals surface area contributed by atoms with Gasteiger partial charge in [0.25, 0.3) is 0 Å². The molecule has 0 spiro atoms. The molecule has 0 aliphatic rings. The molecule has 1 aromatic heterocycles. The fourth-order valence-electron chi connectivity index (χ4n) is 1.52. The lowest BCUT2D eigenvalue weighted by Crippen LogP contribution is -2.33. The van der Waals surface area contributed by atoms with Gasteiger partial charge in [0.2, 0.25) is 11.7 Å². The summed E-state index contributed by atoms with van der Waals surface area (Å²) in [4.78, 5) is 15.3. The highest BCUT2D eigenvalue weighted by Crippen LogP contribution is 2.18. The van der Waals surface area contributed by atoms with E-state index in [0.717, 1.165) is 0 Å². The molecule has 0 amide bonds. The first-order valence-electron chi connectivity index (χ1n) is 6.10. The third-order valence-corrected chi connectivity index (χ3v) is 3.64. The van der Waals surface area contributed by atoms with Crippen molar-refractivity contribution in [2.75, 3.05) is 12.9 Å². The van der Waals surface area contributed by atoms with Crippen LogP contribution in [0.25, 0.3) is 11.4 Å². The van der Waals surface area contributed by atoms with Crippen LogP contribution in [0, 0.1) is 5.82 Å². The Morgan fingerprint density at radius 2 is 2.19 bits per heavy atom. The van der Waals surface area contributed by atoms with Gasteiger partial charge in [-0.3, -0.25) is 4.79 Å². The number of thioether (sulfide) groups is 1. The van der Waals surface area contributed by atoms with E-state index < -0.39 is 12.0 Å². The SMILES string of the molecule is COC(=O)C(N)CSCc1nc(-c2ccc(F)cc2)no1. The maximum atomic E-state index is 12.8. The first-order valence-corrected chi connectivity index (χ1v) is 7.25. The monoisotopic (exact) mass is 311 g/mol. The fraction of sp³-hybridized carbons (Fsp3) is 0.308. The zero-order valence-corrected chi connectivity index (χ0v) is 12.1. The van der Waals surface area contributed by atoms with Crippen molar-refractivity contribution in [1.82, 2.24) is 10.1 Å². The zero-order chi connectivity index (χ0) is 15.2. The van der Waals surface area contributed by atoms with Gasteiger partial charge in [0.15, 0.2) is 0 Å². The highest BCUT2D eigenvalue weighted by molar-refractivity contribution is 7.98. The summed E-state index contributed by atoms with van der Waals surface area (Å²) in [5, 5.41) is 3.82. The summed E-state index contributed by atoms with van der Waals surface area (Å²) in [7, 11) is 1.29. The van der Waals surface area contributed by atoms with Crippen LogP contribution in [0.4, 0.5) is 4.39 Å². The number of carbonyl (C=O) groups is 1. The van der Waals surface area contributed by atoms with E-state index in [1.54, 1.807) is 12.1 Å². The molecule has 0 bridgehead atoms. The van der Waals surface area contributed by atoms with E-state index in [9.17, 15) is 9.18 Å². The Hall–Kier alpha value is -1.93. The third-order valence-electron chi connectivity index (χ3n) is 2.60. The zero-order valence-electron chi connectivity index (χ0n) is 11.3. The van der Waals surface area contributed by atoms with Gasteiger partial charge >= 0.3 is 5.97 Å². The Morgan fingerprint density at radius 3 is 2.86 bits per heavy atom. The van der Waals surface area contributed by atoms with E-state index in [4.69, 9.17) is 10.3 Å². The summed E-state index contributed by atoms with van der Waals surface area (Å²) in [5.74, 6) is 0.842. The van der Waals surface area contributed by atoms with E-state index in [1.165, 1.54) is 31.0 Å². The molecule has 21 heavy (non-hydrogen) atoms. The number of benzene rings is 1. The average Bonchev–Trinajstić information content (AvgIpc) is 2.95. The summed E-state index contributed by atoms with van der Waals surface area (Å²) >= 11 is 1.39. The van der Waals surface area contributed by atoms with Crippen LogP contribution in [0.1, 0.15) is 5.89 Å². The molecular weight excluding hydrogens is 297 g/mol. The first-order chi connectivity index (χ1) is 10.1. The van der Waals surface area contributed by atoms with Gasteiger partial charge in [-0.15, -0.1) is 11.8 Å². The minimum absolute atomic E-state index is 0.324. The van der Waals surface area contributed by atoms with E-state index >= 15 is 0 Å². The van der Waals surface area contributed by atoms with Gasteiger partial charge in [0.1, 0.15) is 11.9 Å². The van der Waals surface area contributed by atoms with Crippen LogP contribution in [0.2, 0.25) is 0 Å². The lowest BCUT2D eigenvalue weighted by Gasteiger charge is -2.06. The average molecular weight is 311 g/mol. The molecule has 0 radical (unpaired) electrons. The number of carbonyl (C=O) groups excluding carboxylic acids is 1. The molecule has 1 atom stereocenters. The van der Waals surface area contributed by atoms with Crippen molar-refractivity contribution in [3.05, 3.63) is 36.0 Å². The van der Waals surface area contributed by atoms with Crippen molar-refractivity contribution in [2.45, 2.75) is 11.8 Å². The molecular formula is C13H14FN3O3S. The summed E-state index contributed by atoms with van der Waals surface area (Å²) in [6.45, 7) is 0. The maximum absolute atomic E-state index is 12.8. The highest BCUT2D eigenvalue weighted by Gasteiger charge is 2.15. The van der Waals surface area contributed by atoms with Crippen LogP contribution >= 0.6 is 11.8 Å². The minimum Gasteiger partial charge on any atom is -0.468 e. The van der Waals surface area contributed by atoms with Crippen molar-refractivity contribution in [1.29, 1.82) is 0 Å². The van der Waals surface area contributed by atoms with Crippen molar-refractivity contribution >= 4 is 17.7 Å². The van der Waals surface area contributed by atoms with Gasteiger partial charge in [0, 0.05) is 11.3 Å². The second-order valence-electron chi connectivity index (χ2n) is 4.16. The van der Waals surface area contributed by atoms with Crippen LogP contribution in [0.3, 0.4) is 0 Å². The molecule has 6 nitrogen and oxygen atoms in total. The maximum Gasteiger partial charge on any atom is 0.323 e. The number of nitrogens with two attached hydrogens (primary N) is 1. The molecule has 8 heteroatoms. The van der Waals surface area contributed by atoms with Gasteiger partial charge in [-0.25, -0.2) is 4.39 Å². The lowest BCUT2D eigenvalue weighted by molar-refractivity contribution is -0.141. The number of methoxy groups -OCH3 is 1. The molecule has 112 valence electrons. The molecule has 2 N–H and O–H groups in total. The molecule has 1 unspecified atom stereocenters. The van der Waals surface area contributed by atoms with Crippen molar-refractivity contribution in [2.24, 2.45) is 5.73 Å². The number of nitrogens with zero attached hydrogens (tertiary/aromatic N) is 2. The Kier molecular flexibility index (Phi) is 5.29. The van der Waals surface area contributed by atoms with E-state index in [2.05, 4.69) is 14.9 Å². The Bertz CT molecular complexity index is 603. The Balaban J connectivity index is 1.89. The Labute approximate surface area is 124 Å². The number of rotatable bonds is 6. The van der Waals surface area contributed by atoms with Gasteiger partial charge in [-0.1, -0.05) is 5.16 Å². The Morgan fingerprint density at radius 1 is 1.48 bits per heavy atom. The normalized spacial score (nSPS) is 12.1. The second-order valence-corrected chi connectivity index (χ2v) is 5.19. The van der Waals surface area contributed by atoms with Crippen molar-refractivity contribution in [3.8, 4) is 11.4 Å². The van der Waals surface area contributed by atoms with Gasteiger partial charge in [-0.05, 0) is 24.3 Å². The second kappa shape index (κ2) is 7.19. The van der Waals surface area contributed by atoms with E-state index in [1.807, 2.05) is 0 Å². The number of esters is 1. The minimum atomic E-state index is -0.681. The molecule has 0 fully saturated rings. The van der Waals surface area contributed by atoms with Gasteiger partial charge < -0.3 is 15.0 Å². The topological polar surface area (TPSA) is 91.2 Å². The standard InChI is InChI=1S/C13H14FN3O3S/c1-19-13(18)10(15)6-21-7-11-16-12(17-20-11)8-2-4-9(14)5-3-8/h2-5,10H,6-7,15H2,1H3. The summed E-state index contributed by atoms with van der Waals surface area (Å²) in [5.41, 5.74) is 6.27. The van der Waals surface area contributed by atoms with Crippen molar-refractivity contribution in [3.63, 3.8) is 0 Å². The number of halogens is 1. The van der Waals surface area contributed by atoms with E-state index in [-0.39, 0.29) is 5.82 Å². The molecule has 0 saturated carbocycles. The number of hydrogen-bond donors (Lipinski definition) is 1.